The number of carbonyl (C=O) groups excluding carboxylic acids is 1. The molecule has 0 radical (unpaired) electrons. The fraction of sp³-hybridized carbons (Fsp3) is 0.824. The fourth-order valence-corrected chi connectivity index (χ4v) is 3.62. The van der Waals surface area contributed by atoms with Crippen LogP contribution in [0, 0.1) is 5.92 Å². The van der Waals surface area contributed by atoms with Crippen molar-refractivity contribution < 1.29 is 14.1 Å². The molecule has 0 bridgehead atoms. The van der Waals surface area contributed by atoms with E-state index in [1.54, 1.807) is 0 Å². The molecule has 3 rings (SSSR count). The second kappa shape index (κ2) is 7.90. The Hall–Kier alpha value is -1.43. The topological polar surface area (TPSA) is 68.5 Å². The van der Waals surface area contributed by atoms with Crippen LogP contribution in [0.5, 0.6) is 0 Å². The van der Waals surface area contributed by atoms with Gasteiger partial charge in [-0.05, 0) is 31.6 Å². The molecule has 2 fully saturated rings. The summed E-state index contributed by atoms with van der Waals surface area (Å²) in [5.74, 6) is 2.16. The van der Waals surface area contributed by atoms with E-state index < -0.39 is 0 Å². The molecule has 1 saturated carbocycles. The second-order valence-electron chi connectivity index (χ2n) is 6.62. The number of aromatic nitrogens is 2. The molecule has 2 heterocycles. The monoisotopic (exact) mass is 321 g/mol. The molecule has 23 heavy (non-hydrogen) atoms. The lowest BCUT2D eigenvalue weighted by Gasteiger charge is -2.20. The Morgan fingerprint density at radius 3 is 2.91 bits per heavy atom. The van der Waals surface area contributed by atoms with E-state index in [1.165, 1.54) is 25.7 Å². The molecule has 128 valence electrons. The van der Waals surface area contributed by atoms with Gasteiger partial charge in [0.2, 0.25) is 11.8 Å². The van der Waals surface area contributed by atoms with Crippen LogP contribution in [0.3, 0.4) is 0 Å². The zero-order valence-corrected chi connectivity index (χ0v) is 14.0. The highest BCUT2D eigenvalue weighted by molar-refractivity contribution is 5.76. The van der Waals surface area contributed by atoms with Crippen LogP contribution in [0.15, 0.2) is 4.52 Å². The fourth-order valence-electron chi connectivity index (χ4n) is 3.62. The maximum Gasteiger partial charge on any atom is 0.249 e. The van der Waals surface area contributed by atoms with Gasteiger partial charge in [0.05, 0.1) is 6.61 Å². The molecule has 0 spiro atoms. The van der Waals surface area contributed by atoms with Crippen molar-refractivity contribution in [1.29, 1.82) is 0 Å². The van der Waals surface area contributed by atoms with Crippen molar-refractivity contribution in [1.82, 2.24) is 15.0 Å². The summed E-state index contributed by atoms with van der Waals surface area (Å²) in [6, 6.07) is -0.0388. The largest absolute Gasteiger partial charge is 0.381 e. The molecule has 1 amide bonds. The van der Waals surface area contributed by atoms with Crippen molar-refractivity contribution in [2.24, 2.45) is 5.92 Å². The minimum Gasteiger partial charge on any atom is -0.381 e. The number of hydrogen-bond donors (Lipinski definition) is 0. The first-order valence-electron chi connectivity index (χ1n) is 8.97. The first-order valence-corrected chi connectivity index (χ1v) is 8.97. The van der Waals surface area contributed by atoms with Crippen LogP contribution in [0.2, 0.25) is 0 Å². The predicted octanol–water partition coefficient (Wildman–Crippen LogP) is 2.89. The summed E-state index contributed by atoms with van der Waals surface area (Å²) >= 11 is 0. The molecule has 6 heteroatoms. The van der Waals surface area contributed by atoms with Gasteiger partial charge in [-0.15, -0.1) is 0 Å². The van der Waals surface area contributed by atoms with Gasteiger partial charge in [0.15, 0.2) is 5.82 Å². The Bertz CT molecular complexity index is 511. The molecule has 1 atom stereocenters. The first-order chi connectivity index (χ1) is 11.3. The number of amides is 1. The Kier molecular flexibility index (Phi) is 5.65. The maximum atomic E-state index is 12.0. The van der Waals surface area contributed by atoms with Crippen molar-refractivity contribution in [2.45, 2.75) is 64.3 Å². The SMILES string of the molecule is CCC(=O)N1CCCC1c1nc(CCOCC2CCCC2)no1. The van der Waals surface area contributed by atoms with E-state index in [1.807, 2.05) is 11.8 Å². The van der Waals surface area contributed by atoms with Crippen LogP contribution in [0.1, 0.15) is 69.6 Å². The lowest BCUT2D eigenvalue weighted by atomic mass is 10.1. The van der Waals surface area contributed by atoms with Gasteiger partial charge in [0.1, 0.15) is 6.04 Å². The zero-order chi connectivity index (χ0) is 16.1. The Morgan fingerprint density at radius 1 is 1.30 bits per heavy atom. The summed E-state index contributed by atoms with van der Waals surface area (Å²) in [7, 11) is 0. The normalized spacial score (nSPS) is 22.1. The van der Waals surface area contributed by atoms with Crippen molar-refractivity contribution in [3.63, 3.8) is 0 Å². The second-order valence-corrected chi connectivity index (χ2v) is 6.62. The van der Waals surface area contributed by atoms with Crippen LogP contribution in [0.25, 0.3) is 0 Å². The molecule has 0 N–H and O–H groups in total. The lowest BCUT2D eigenvalue weighted by molar-refractivity contribution is -0.132. The molecule has 1 aromatic heterocycles. The van der Waals surface area contributed by atoms with Crippen molar-refractivity contribution in [3.8, 4) is 0 Å². The number of carbonyl (C=O) groups is 1. The third kappa shape index (κ3) is 4.10. The van der Waals surface area contributed by atoms with Crippen molar-refractivity contribution in [2.75, 3.05) is 19.8 Å². The molecule has 0 aromatic carbocycles. The van der Waals surface area contributed by atoms with Gasteiger partial charge >= 0.3 is 0 Å². The third-order valence-electron chi connectivity index (χ3n) is 4.94. The summed E-state index contributed by atoms with van der Waals surface area (Å²) in [6.07, 6.45) is 8.39. The van der Waals surface area contributed by atoms with Crippen molar-refractivity contribution >= 4 is 5.91 Å². The van der Waals surface area contributed by atoms with E-state index in [0.29, 0.717) is 31.2 Å². The highest BCUT2D eigenvalue weighted by Gasteiger charge is 2.33. The van der Waals surface area contributed by atoms with Crippen LogP contribution in [-0.2, 0) is 16.0 Å². The van der Waals surface area contributed by atoms with E-state index in [2.05, 4.69) is 10.1 Å². The first kappa shape index (κ1) is 16.4. The van der Waals surface area contributed by atoms with Gasteiger partial charge < -0.3 is 14.2 Å². The van der Waals surface area contributed by atoms with E-state index >= 15 is 0 Å². The van der Waals surface area contributed by atoms with E-state index in [9.17, 15) is 4.79 Å². The standard InChI is InChI=1S/C17H27N3O3/c1-2-16(21)20-10-5-8-14(20)17-18-15(19-23-17)9-11-22-12-13-6-3-4-7-13/h13-14H,2-12H2,1H3. The Labute approximate surface area is 137 Å². The molecular formula is C17H27N3O3. The van der Waals surface area contributed by atoms with Crippen molar-refractivity contribution in [3.05, 3.63) is 11.7 Å². The highest BCUT2D eigenvalue weighted by Crippen LogP contribution is 2.31. The predicted molar refractivity (Wildman–Crippen MR) is 84.8 cm³/mol. The van der Waals surface area contributed by atoms with Gasteiger partial charge in [-0.1, -0.05) is 24.9 Å². The van der Waals surface area contributed by atoms with Crippen LogP contribution < -0.4 is 0 Å². The summed E-state index contributed by atoms with van der Waals surface area (Å²) < 4.78 is 11.1. The molecule has 1 aromatic rings. The van der Waals surface area contributed by atoms with Gasteiger partial charge in [-0.2, -0.15) is 4.98 Å². The number of hydrogen-bond acceptors (Lipinski definition) is 5. The number of nitrogens with zero attached hydrogens (tertiary/aromatic N) is 3. The summed E-state index contributed by atoms with van der Waals surface area (Å²) in [5.41, 5.74) is 0. The van der Waals surface area contributed by atoms with Crippen LogP contribution in [0.4, 0.5) is 0 Å². The average molecular weight is 321 g/mol. The summed E-state index contributed by atoms with van der Waals surface area (Å²) in [5, 5.41) is 4.05. The van der Waals surface area contributed by atoms with Crippen LogP contribution >= 0.6 is 0 Å². The van der Waals surface area contributed by atoms with E-state index in [0.717, 1.165) is 31.9 Å². The van der Waals surface area contributed by atoms with Gasteiger partial charge in [-0.3, -0.25) is 4.79 Å². The molecule has 1 aliphatic carbocycles. The van der Waals surface area contributed by atoms with E-state index in [4.69, 9.17) is 9.26 Å². The van der Waals surface area contributed by atoms with Gasteiger partial charge in [0, 0.05) is 26.0 Å². The smallest absolute Gasteiger partial charge is 0.249 e. The molecule has 1 aliphatic heterocycles. The lowest BCUT2D eigenvalue weighted by Crippen LogP contribution is -2.29. The minimum absolute atomic E-state index is 0.0388. The maximum absolute atomic E-state index is 12.0. The zero-order valence-electron chi connectivity index (χ0n) is 14.0. The van der Waals surface area contributed by atoms with Crippen LogP contribution in [-0.4, -0.2) is 40.7 Å². The van der Waals surface area contributed by atoms with E-state index in [-0.39, 0.29) is 11.9 Å². The molecule has 1 saturated heterocycles. The Morgan fingerprint density at radius 2 is 2.13 bits per heavy atom. The highest BCUT2D eigenvalue weighted by atomic mass is 16.5. The average Bonchev–Trinajstić information content (AvgIpc) is 3.31. The molecule has 6 nitrogen and oxygen atoms in total. The third-order valence-corrected chi connectivity index (χ3v) is 4.94. The number of rotatable bonds is 7. The molecule has 2 aliphatic rings. The summed E-state index contributed by atoms with van der Waals surface area (Å²) in [6.45, 7) is 4.17. The molecular weight excluding hydrogens is 294 g/mol. The minimum atomic E-state index is -0.0388. The Balaban J connectivity index is 1.46. The molecule has 1 unspecified atom stereocenters. The van der Waals surface area contributed by atoms with Gasteiger partial charge in [0.25, 0.3) is 0 Å². The quantitative estimate of drug-likeness (QED) is 0.722. The van der Waals surface area contributed by atoms with Gasteiger partial charge in [-0.25, -0.2) is 0 Å². The number of likely N-dealkylation sites (tertiary alicyclic amines) is 1. The number of ether oxygens (including phenoxy) is 1. The summed E-state index contributed by atoms with van der Waals surface area (Å²) in [4.78, 5) is 18.3.